The molecule has 1 atom stereocenters. The highest BCUT2D eigenvalue weighted by Crippen LogP contribution is 2.45. The Labute approximate surface area is 151 Å². The van der Waals surface area contributed by atoms with Crippen LogP contribution in [-0.4, -0.2) is 16.8 Å². The molecule has 5 nitrogen and oxygen atoms in total. The number of carbonyl (C=O) groups is 2. The van der Waals surface area contributed by atoms with Crippen LogP contribution in [0.2, 0.25) is 0 Å². The lowest BCUT2D eigenvalue weighted by Crippen LogP contribution is -2.67. The molecular formula is C21H17N3O2. The van der Waals surface area contributed by atoms with E-state index in [1.165, 1.54) is 0 Å². The fourth-order valence-corrected chi connectivity index (χ4v) is 3.37. The number of nitrogens with zero attached hydrogens (tertiary/aromatic N) is 2. The van der Waals surface area contributed by atoms with Gasteiger partial charge in [-0.3, -0.25) is 19.5 Å². The maximum atomic E-state index is 13.3. The molecule has 1 saturated heterocycles. The normalized spacial score (nSPS) is 18.9. The van der Waals surface area contributed by atoms with Gasteiger partial charge in [0.05, 0.1) is 6.42 Å². The van der Waals surface area contributed by atoms with E-state index in [1.807, 2.05) is 60.7 Å². The van der Waals surface area contributed by atoms with Gasteiger partial charge in [0, 0.05) is 23.8 Å². The molecule has 0 radical (unpaired) electrons. The Balaban J connectivity index is 1.79. The van der Waals surface area contributed by atoms with Crippen molar-refractivity contribution in [2.75, 3.05) is 10.2 Å². The monoisotopic (exact) mass is 343 g/mol. The zero-order chi connectivity index (χ0) is 18.0. The summed E-state index contributed by atoms with van der Waals surface area (Å²) in [6, 6.07) is 22.1. The average Bonchev–Trinajstić information content (AvgIpc) is 2.68. The number of benzene rings is 2. The molecular weight excluding hydrogens is 326 g/mol. The number of rotatable bonds is 4. The van der Waals surface area contributed by atoms with Crippen molar-refractivity contribution in [3.8, 4) is 0 Å². The summed E-state index contributed by atoms with van der Waals surface area (Å²) in [7, 11) is 0. The lowest BCUT2D eigenvalue weighted by Gasteiger charge is -2.50. The molecule has 1 unspecified atom stereocenters. The fourth-order valence-electron chi connectivity index (χ4n) is 3.37. The van der Waals surface area contributed by atoms with Crippen LogP contribution in [0.1, 0.15) is 12.0 Å². The number of aromatic nitrogens is 1. The standard InChI is InChI=1S/C21H17N3O2/c25-19-15-21(16-11-13-22-14-12-16,24(19)18-9-5-2-6-10-18)20(26)23-17-7-3-1-4-8-17/h1-14H,15H2,(H,23,26). The summed E-state index contributed by atoms with van der Waals surface area (Å²) in [6.07, 6.45) is 3.39. The van der Waals surface area contributed by atoms with Crippen LogP contribution in [-0.2, 0) is 15.1 Å². The molecule has 0 spiro atoms. The van der Waals surface area contributed by atoms with Crippen LogP contribution < -0.4 is 10.2 Å². The minimum absolute atomic E-state index is 0.0868. The Morgan fingerprint density at radius 1 is 0.923 bits per heavy atom. The molecule has 0 bridgehead atoms. The van der Waals surface area contributed by atoms with Gasteiger partial charge in [-0.2, -0.15) is 0 Å². The third kappa shape index (κ3) is 2.54. The number of anilines is 2. The largest absolute Gasteiger partial charge is 0.324 e. The van der Waals surface area contributed by atoms with E-state index in [-0.39, 0.29) is 18.2 Å². The maximum Gasteiger partial charge on any atom is 0.255 e. The predicted octanol–water partition coefficient (Wildman–Crippen LogP) is 3.35. The number of nitrogens with one attached hydrogen (secondary N) is 1. The molecule has 1 aliphatic rings. The van der Waals surface area contributed by atoms with E-state index in [0.29, 0.717) is 11.4 Å². The van der Waals surface area contributed by atoms with E-state index >= 15 is 0 Å². The average molecular weight is 343 g/mol. The number of carbonyl (C=O) groups excluding carboxylic acids is 2. The van der Waals surface area contributed by atoms with E-state index in [4.69, 9.17) is 0 Å². The maximum absolute atomic E-state index is 13.3. The van der Waals surface area contributed by atoms with Gasteiger partial charge in [-0.15, -0.1) is 0 Å². The summed E-state index contributed by atoms with van der Waals surface area (Å²) >= 11 is 0. The molecule has 1 fully saturated rings. The molecule has 1 aliphatic heterocycles. The van der Waals surface area contributed by atoms with Gasteiger partial charge in [0.15, 0.2) is 5.54 Å². The lowest BCUT2D eigenvalue weighted by molar-refractivity contribution is -0.137. The van der Waals surface area contributed by atoms with Crippen LogP contribution in [0, 0.1) is 0 Å². The van der Waals surface area contributed by atoms with Gasteiger partial charge < -0.3 is 5.32 Å². The first-order valence-electron chi connectivity index (χ1n) is 8.37. The van der Waals surface area contributed by atoms with Crippen molar-refractivity contribution < 1.29 is 9.59 Å². The zero-order valence-corrected chi connectivity index (χ0v) is 14.0. The highest BCUT2D eigenvalue weighted by molar-refractivity contribution is 6.16. The summed E-state index contributed by atoms with van der Waals surface area (Å²) in [5, 5.41) is 2.95. The highest BCUT2D eigenvalue weighted by atomic mass is 16.2. The predicted molar refractivity (Wildman–Crippen MR) is 99.5 cm³/mol. The van der Waals surface area contributed by atoms with E-state index in [9.17, 15) is 9.59 Å². The van der Waals surface area contributed by atoms with Crippen LogP contribution in [0.5, 0.6) is 0 Å². The molecule has 5 heteroatoms. The first-order chi connectivity index (χ1) is 12.7. The Hall–Kier alpha value is -3.47. The number of amides is 2. The molecule has 0 aliphatic carbocycles. The summed E-state index contributed by atoms with van der Waals surface area (Å²) in [4.78, 5) is 31.4. The van der Waals surface area contributed by atoms with Gasteiger partial charge in [-0.05, 0) is 42.0 Å². The van der Waals surface area contributed by atoms with E-state index in [1.54, 1.807) is 29.4 Å². The van der Waals surface area contributed by atoms with Crippen LogP contribution in [0.25, 0.3) is 0 Å². The van der Waals surface area contributed by atoms with Crippen LogP contribution in [0.15, 0.2) is 85.2 Å². The van der Waals surface area contributed by atoms with E-state index in [0.717, 1.165) is 5.56 Å². The van der Waals surface area contributed by atoms with Gasteiger partial charge in [0.2, 0.25) is 5.91 Å². The topological polar surface area (TPSA) is 62.3 Å². The second-order valence-corrected chi connectivity index (χ2v) is 6.16. The van der Waals surface area contributed by atoms with Gasteiger partial charge in [0.25, 0.3) is 5.91 Å². The summed E-state index contributed by atoms with van der Waals surface area (Å²) in [6.45, 7) is 0. The van der Waals surface area contributed by atoms with Crippen molar-refractivity contribution in [1.82, 2.24) is 4.98 Å². The van der Waals surface area contributed by atoms with Gasteiger partial charge >= 0.3 is 0 Å². The summed E-state index contributed by atoms with van der Waals surface area (Å²) in [5.74, 6) is -0.324. The van der Waals surface area contributed by atoms with Crippen molar-refractivity contribution >= 4 is 23.2 Å². The third-order valence-corrected chi connectivity index (χ3v) is 4.62. The molecule has 1 aromatic heterocycles. The minimum Gasteiger partial charge on any atom is -0.324 e. The fraction of sp³-hybridized carbons (Fsp3) is 0.0952. The van der Waals surface area contributed by atoms with Gasteiger partial charge in [-0.25, -0.2) is 0 Å². The third-order valence-electron chi connectivity index (χ3n) is 4.62. The molecule has 26 heavy (non-hydrogen) atoms. The number of hydrogen-bond donors (Lipinski definition) is 1. The molecule has 4 rings (SSSR count). The lowest BCUT2D eigenvalue weighted by atomic mass is 9.76. The first-order valence-corrected chi connectivity index (χ1v) is 8.37. The Morgan fingerprint density at radius 3 is 2.15 bits per heavy atom. The zero-order valence-electron chi connectivity index (χ0n) is 14.0. The van der Waals surface area contributed by atoms with Crippen molar-refractivity contribution in [1.29, 1.82) is 0 Å². The minimum atomic E-state index is -1.09. The van der Waals surface area contributed by atoms with Gasteiger partial charge in [0.1, 0.15) is 0 Å². The molecule has 1 N–H and O–H groups in total. The number of β-lactam (4-membered cyclic amide) rings is 1. The summed E-state index contributed by atoms with van der Waals surface area (Å²) in [5.41, 5.74) is 1.04. The van der Waals surface area contributed by atoms with E-state index < -0.39 is 5.54 Å². The second kappa shape index (κ2) is 6.44. The quantitative estimate of drug-likeness (QED) is 0.739. The first kappa shape index (κ1) is 16.0. The molecule has 3 aromatic rings. The van der Waals surface area contributed by atoms with Crippen molar-refractivity contribution in [2.24, 2.45) is 0 Å². The highest BCUT2D eigenvalue weighted by Gasteiger charge is 2.58. The molecule has 2 heterocycles. The molecule has 2 amide bonds. The number of pyridine rings is 1. The summed E-state index contributed by atoms with van der Waals surface area (Å²) < 4.78 is 0. The van der Waals surface area contributed by atoms with Crippen LogP contribution >= 0.6 is 0 Å². The SMILES string of the molecule is O=C1CC(C(=O)Nc2ccccc2)(c2ccncc2)N1c1ccccc1. The van der Waals surface area contributed by atoms with Crippen molar-refractivity contribution in [2.45, 2.75) is 12.0 Å². The number of hydrogen-bond acceptors (Lipinski definition) is 3. The Morgan fingerprint density at radius 2 is 1.54 bits per heavy atom. The smallest absolute Gasteiger partial charge is 0.255 e. The van der Waals surface area contributed by atoms with Crippen molar-refractivity contribution in [3.05, 3.63) is 90.8 Å². The van der Waals surface area contributed by atoms with E-state index in [2.05, 4.69) is 10.3 Å². The molecule has 0 saturated carbocycles. The molecule has 128 valence electrons. The van der Waals surface area contributed by atoms with Crippen LogP contribution in [0.4, 0.5) is 11.4 Å². The van der Waals surface area contributed by atoms with Crippen LogP contribution in [0.3, 0.4) is 0 Å². The Kier molecular flexibility index (Phi) is 3.97. The van der Waals surface area contributed by atoms with Crippen molar-refractivity contribution in [3.63, 3.8) is 0 Å². The molecule has 2 aromatic carbocycles. The number of para-hydroxylation sites is 2. The van der Waals surface area contributed by atoms with Gasteiger partial charge in [-0.1, -0.05) is 36.4 Å². The second-order valence-electron chi connectivity index (χ2n) is 6.16. The Bertz CT molecular complexity index is 929.